The quantitative estimate of drug-likeness (QED) is 0.770. The predicted octanol–water partition coefficient (Wildman–Crippen LogP) is 4.43. The van der Waals surface area contributed by atoms with Crippen LogP contribution in [0.5, 0.6) is 0 Å². The molecule has 0 spiro atoms. The number of nitrogens with zero attached hydrogens (tertiary/aromatic N) is 1. The summed E-state index contributed by atoms with van der Waals surface area (Å²) < 4.78 is 5.26. The Kier molecular flexibility index (Phi) is 3.01. The van der Waals surface area contributed by atoms with Gasteiger partial charge in [-0.1, -0.05) is 48.8 Å². The molecule has 0 saturated carbocycles. The molecular weight excluding hydrogens is 222 g/mol. The second-order valence-corrected chi connectivity index (χ2v) is 4.54. The molecule has 0 aliphatic rings. The summed E-state index contributed by atoms with van der Waals surface area (Å²) in [4.78, 5) is 0. The highest BCUT2D eigenvalue weighted by molar-refractivity contribution is 6.33. The molecule has 0 aliphatic heterocycles. The van der Waals surface area contributed by atoms with E-state index in [1.165, 1.54) is 0 Å². The minimum absolute atomic E-state index is 0.373. The fraction of sp³-hybridized carbons (Fsp3) is 0.308. The van der Waals surface area contributed by atoms with E-state index in [-0.39, 0.29) is 0 Å². The normalized spacial score (nSPS) is 11.1. The van der Waals surface area contributed by atoms with Gasteiger partial charge in [-0.05, 0) is 18.9 Å². The lowest BCUT2D eigenvalue weighted by Crippen LogP contribution is -1.92. The fourth-order valence-electron chi connectivity index (χ4n) is 1.91. The van der Waals surface area contributed by atoms with Gasteiger partial charge in [-0.25, -0.2) is 0 Å². The minimum Gasteiger partial charge on any atom is -0.361 e. The number of halogens is 1. The summed E-state index contributed by atoms with van der Waals surface area (Å²) in [6.07, 6.45) is 0. The smallest absolute Gasteiger partial charge is 0.137 e. The zero-order valence-electron chi connectivity index (χ0n) is 9.62. The second kappa shape index (κ2) is 4.30. The largest absolute Gasteiger partial charge is 0.361 e. The highest BCUT2D eigenvalue weighted by Crippen LogP contribution is 2.34. The molecule has 0 aliphatic carbocycles. The molecule has 3 heteroatoms. The summed E-state index contributed by atoms with van der Waals surface area (Å²) in [5, 5.41) is 4.81. The van der Waals surface area contributed by atoms with Crippen LogP contribution >= 0.6 is 11.6 Å². The topological polar surface area (TPSA) is 26.0 Å². The lowest BCUT2D eigenvalue weighted by Gasteiger charge is -2.06. The van der Waals surface area contributed by atoms with Gasteiger partial charge < -0.3 is 4.52 Å². The molecule has 0 amide bonds. The Morgan fingerprint density at radius 1 is 1.25 bits per heavy atom. The van der Waals surface area contributed by atoms with Gasteiger partial charge in [0.15, 0.2) is 0 Å². The Morgan fingerprint density at radius 3 is 2.56 bits per heavy atom. The first-order valence-electron chi connectivity index (χ1n) is 5.32. The van der Waals surface area contributed by atoms with Crippen LogP contribution in [0.15, 0.2) is 28.8 Å². The van der Waals surface area contributed by atoms with Crippen LogP contribution < -0.4 is 0 Å². The van der Waals surface area contributed by atoms with Gasteiger partial charge in [-0.15, -0.1) is 0 Å². The third kappa shape index (κ3) is 1.85. The van der Waals surface area contributed by atoms with Crippen LogP contribution in [0.4, 0.5) is 0 Å². The van der Waals surface area contributed by atoms with Crippen LogP contribution in [0.1, 0.15) is 31.1 Å². The van der Waals surface area contributed by atoms with Crippen molar-refractivity contribution >= 4 is 11.6 Å². The van der Waals surface area contributed by atoms with Crippen molar-refractivity contribution in [1.82, 2.24) is 5.16 Å². The number of hydrogen-bond acceptors (Lipinski definition) is 2. The molecule has 0 unspecified atom stereocenters. The van der Waals surface area contributed by atoms with E-state index in [9.17, 15) is 0 Å². The zero-order chi connectivity index (χ0) is 11.7. The van der Waals surface area contributed by atoms with E-state index in [1.54, 1.807) is 0 Å². The maximum Gasteiger partial charge on any atom is 0.137 e. The van der Waals surface area contributed by atoms with Crippen LogP contribution in [0, 0.1) is 6.92 Å². The molecule has 2 nitrogen and oxygen atoms in total. The van der Waals surface area contributed by atoms with E-state index < -0.39 is 0 Å². The van der Waals surface area contributed by atoms with Crippen molar-refractivity contribution in [2.24, 2.45) is 0 Å². The van der Waals surface area contributed by atoms with Gasteiger partial charge in [-0.3, -0.25) is 0 Å². The summed E-state index contributed by atoms with van der Waals surface area (Å²) >= 11 is 6.16. The molecule has 1 aromatic heterocycles. The van der Waals surface area contributed by atoms with E-state index in [2.05, 4.69) is 19.0 Å². The molecule has 2 rings (SSSR count). The molecule has 0 N–H and O–H groups in total. The van der Waals surface area contributed by atoms with Crippen LogP contribution in [0.25, 0.3) is 11.3 Å². The van der Waals surface area contributed by atoms with Crippen molar-refractivity contribution < 1.29 is 4.52 Å². The number of hydrogen-bond donors (Lipinski definition) is 0. The first kappa shape index (κ1) is 11.2. The number of aromatic nitrogens is 1. The van der Waals surface area contributed by atoms with Crippen LogP contribution in [-0.2, 0) is 0 Å². The fourth-order valence-corrected chi connectivity index (χ4v) is 2.13. The Morgan fingerprint density at radius 2 is 1.94 bits per heavy atom. The lowest BCUT2D eigenvalue weighted by atomic mass is 9.97. The molecular formula is C13H14ClNO. The van der Waals surface area contributed by atoms with Gasteiger partial charge in [0.05, 0.1) is 5.02 Å². The monoisotopic (exact) mass is 235 g/mol. The van der Waals surface area contributed by atoms with Crippen molar-refractivity contribution in [2.45, 2.75) is 26.7 Å². The summed E-state index contributed by atoms with van der Waals surface area (Å²) in [7, 11) is 0. The Bertz CT molecular complexity index is 502. The average Bonchev–Trinajstić information content (AvgIpc) is 2.61. The molecule has 0 radical (unpaired) electrons. The number of rotatable bonds is 2. The maximum atomic E-state index is 6.16. The van der Waals surface area contributed by atoms with E-state index in [0.717, 1.165) is 22.6 Å². The van der Waals surface area contributed by atoms with Gasteiger partial charge in [0, 0.05) is 11.1 Å². The van der Waals surface area contributed by atoms with Crippen molar-refractivity contribution in [3.05, 3.63) is 40.6 Å². The molecule has 84 valence electrons. The van der Waals surface area contributed by atoms with E-state index >= 15 is 0 Å². The molecule has 1 aromatic carbocycles. The van der Waals surface area contributed by atoms with E-state index in [1.807, 2.05) is 31.2 Å². The first-order valence-corrected chi connectivity index (χ1v) is 5.70. The highest BCUT2D eigenvalue weighted by atomic mass is 35.5. The van der Waals surface area contributed by atoms with E-state index in [4.69, 9.17) is 16.1 Å². The third-order valence-electron chi connectivity index (χ3n) is 2.61. The van der Waals surface area contributed by atoms with Gasteiger partial charge in [0.1, 0.15) is 11.5 Å². The van der Waals surface area contributed by atoms with Crippen LogP contribution in [-0.4, -0.2) is 5.16 Å². The van der Waals surface area contributed by atoms with Crippen molar-refractivity contribution in [1.29, 1.82) is 0 Å². The SMILES string of the molecule is Cc1onc(-c2ccccc2Cl)c1C(C)C. The van der Waals surface area contributed by atoms with Gasteiger partial charge in [0.2, 0.25) is 0 Å². The number of aryl methyl sites for hydroxylation is 1. The summed E-state index contributed by atoms with van der Waals surface area (Å²) in [5.41, 5.74) is 2.93. The highest BCUT2D eigenvalue weighted by Gasteiger charge is 2.18. The molecule has 0 bridgehead atoms. The summed E-state index contributed by atoms with van der Waals surface area (Å²) in [6.45, 7) is 6.18. The molecule has 0 atom stereocenters. The van der Waals surface area contributed by atoms with Crippen molar-refractivity contribution in [3.63, 3.8) is 0 Å². The molecule has 16 heavy (non-hydrogen) atoms. The van der Waals surface area contributed by atoms with Crippen molar-refractivity contribution in [2.75, 3.05) is 0 Å². The van der Waals surface area contributed by atoms with Gasteiger partial charge in [0.25, 0.3) is 0 Å². The molecule has 1 heterocycles. The third-order valence-corrected chi connectivity index (χ3v) is 2.94. The molecule has 2 aromatic rings. The Labute approximate surface area is 100 Å². The van der Waals surface area contributed by atoms with Gasteiger partial charge in [-0.2, -0.15) is 0 Å². The van der Waals surface area contributed by atoms with Crippen molar-refractivity contribution in [3.8, 4) is 11.3 Å². The molecule has 0 fully saturated rings. The average molecular weight is 236 g/mol. The van der Waals surface area contributed by atoms with Gasteiger partial charge >= 0.3 is 0 Å². The Balaban J connectivity index is 2.61. The Hall–Kier alpha value is -1.28. The second-order valence-electron chi connectivity index (χ2n) is 4.14. The summed E-state index contributed by atoms with van der Waals surface area (Å²) in [5.74, 6) is 1.24. The minimum atomic E-state index is 0.373. The predicted molar refractivity (Wildman–Crippen MR) is 65.8 cm³/mol. The van der Waals surface area contributed by atoms with E-state index in [0.29, 0.717) is 10.9 Å². The maximum absolute atomic E-state index is 6.16. The lowest BCUT2D eigenvalue weighted by molar-refractivity contribution is 0.397. The number of benzene rings is 1. The molecule has 0 saturated heterocycles. The van der Waals surface area contributed by atoms with Crippen LogP contribution in [0.3, 0.4) is 0 Å². The zero-order valence-corrected chi connectivity index (χ0v) is 10.4. The van der Waals surface area contributed by atoms with Crippen LogP contribution in [0.2, 0.25) is 5.02 Å². The first-order chi connectivity index (χ1) is 7.61. The summed E-state index contributed by atoms with van der Waals surface area (Å²) in [6, 6.07) is 7.69. The standard InChI is InChI=1S/C13H14ClNO/c1-8(2)12-9(3)16-15-13(12)10-6-4-5-7-11(10)14/h4-8H,1-3H3.